The van der Waals surface area contributed by atoms with E-state index in [4.69, 9.17) is 10.5 Å². The molecule has 0 heterocycles. The number of nitroso groups, excluding NO2 is 1. The smallest absolute Gasteiger partial charge is 0.195 e. The Morgan fingerprint density at radius 3 is 1.86 bits per heavy atom. The second-order valence-corrected chi connectivity index (χ2v) is 0.766. The average Bonchev–Trinajstić information content (AvgIpc) is 1.72. The second-order valence-electron chi connectivity index (χ2n) is 0.766. The lowest BCUT2D eigenvalue weighted by Gasteiger charge is -1.72. The van der Waals surface area contributed by atoms with E-state index in [1.54, 1.807) is 0 Å². The summed E-state index contributed by atoms with van der Waals surface area (Å²) >= 11 is 0. The summed E-state index contributed by atoms with van der Waals surface area (Å²) in [5.74, 6) is 0. The van der Waals surface area contributed by atoms with Crippen molar-refractivity contribution in [2.45, 2.75) is 6.04 Å². The van der Waals surface area contributed by atoms with Gasteiger partial charge in [0.1, 0.15) is 12.1 Å². The fraction of sp³-hybridized carbons (Fsp3) is 0.333. The fourth-order valence-electron chi connectivity index (χ4n) is 0.0760. The number of nitrogens with zero attached hydrogens (tertiary/aromatic N) is 3. The van der Waals surface area contributed by atoms with E-state index >= 15 is 0 Å². The molecule has 0 N–H and O–H groups in total. The van der Waals surface area contributed by atoms with Crippen molar-refractivity contribution >= 4 is 0 Å². The standard InChI is InChI=1S/C3HN3O/c4-1-3(2-5)6-7/h3H. The molecule has 0 aromatic rings. The van der Waals surface area contributed by atoms with Gasteiger partial charge in [-0.2, -0.15) is 10.5 Å². The van der Waals surface area contributed by atoms with E-state index in [0.29, 0.717) is 0 Å². The van der Waals surface area contributed by atoms with Crippen LogP contribution in [0, 0.1) is 27.6 Å². The Morgan fingerprint density at radius 2 is 1.86 bits per heavy atom. The van der Waals surface area contributed by atoms with Crippen molar-refractivity contribution < 1.29 is 0 Å². The molecule has 0 fully saturated rings. The zero-order valence-electron chi connectivity index (χ0n) is 3.33. The molecule has 0 aromatic heterocycles. The van der Waals surface area contributed by atoms with E-state index in [-0.39, 0.29) is 0 Å². The third-order valence-electron chi connectivity index (χ3n) is 0.350. The predicted octanol–water partition coefficient (Wildman–Crippen LogP) is 0.169. The molecule has 0 saturated heterocycles. The molecule has 34 valence electrons. The zero-order chi connectivity index (χ0) is 5.70. The lowest BCUT2D eigenvalue weighted by Crippen LogP contribution is -1.90. The minimum Gasteiger partial charge on any atom is -0.195 e. The summed E-state index contributed by atoms with van der Waals surface area (Å²) in [4.78, 5) is 9.27. The molecular formula is C3HN3O. The normalized spacial score (nSPS) is 6.71. The van der Waals surface area contributed by atoms with Gasteiger partial charge in [-0.1, -0.05) is 0 Å². The molecule has 0 aliphatic heterocycles. The highest BCUT2D eigenvalue weighted by molar-refractivity contribution is 5.05. The fourth-order valence-corrected chi connectivity index (χ4v) is 0.0760. The summed E-state index contributed by atoms with van der Waals surface area (Å²) in [5, 5.41) is 17.7. The van der Waals surface area contributed by atoms with Crippen LogP contribution in [0.25, 0.3) is 0 Å². The van der Waals surface area contributed by atoms with E-state index in [0.717, 1.165) is 0 Å². The third-order valence-corrected chi connectivity index (χ3v) is 0.350. The summed E-state index contributed by atoms with van der Waals surface area (Å²) in [6.07, 6.45) is 0. The van der Waals surface area contributed by atoms with Crippen LogP contribution < -0.4 is 0 Å². The number of rotatable bonds is 1. The molecule has 0 unspecified atom stereocenters. The first-order chi connectivity index (χ1) is 3.35. The van der Waals surface area contributed by atoms with Crippen LogP contribution in [0.3, 0.4) is 0 Å². The van der Waals surface area contributed by atoms with Gasteiger partial charge in [0.25, 0.3) is 6.04 Å². The van der Waals surface area contributed by atoms with Crippen LogP contribution in [0.1, 0.15) is 0 Å². The first kappa shape index (κ1) is 5.58. The van der Waals surface area contributed by atoms with Crippen LogP contribution in [-0.2, 0) is 0 Å². The van der Waals surface area contributed by atoms with Crippen molar-refractivity contribution in [1.29, 1.82) is 10.5 Å². The van der Waals surface area contributed by atoms with Crippen LogP contribution >= 0.6 is 0 Å². The van der Waals surface area contributed by atoms with Crippen molar-refractivity contribution in [3.63, 3.8) is 0 Å². The van der Waals surface area contributed by atoms with E-state index in [1.807, 2.05) is 0 Å². The van der Waals surface area contributed by atoms with Crippen LogP contribution in [0.4, 0.5) is 0 Å². The molecule has 0 bridgehead atoms. The summed E-state index contributed by atoms with van der Waals surface area (Å²) in [5.41, 5.74) is 0. The van der Waals surface area contributed by atoms with Gasteiger partial charge in [-0.15, -0.1) is 4.91 Å². The van der Waals surface area contributed by atoms with Gasteiger partial charge in [-0.25, -0.2) is 0 Å². The minimum absolute atomic E-state index is 1.33. The molecule has 0 spiro atoms. The Morgan fingerprint density at radius 1 is 1.43 bits per heavy atom. The summed E-state index contributed by atoms with van der Waals surface area (Å²) in [7, 11) is 0. The minimum atomic E-state index is -1.33. The highest BCUT2D eigenvalue weighted by Crippen LogP contribution is 1.80. The average molecular weight is 95.1 g/mol. The lowest BCUT2D eigenvalue weighted by molar-refractivity contribution is 1.04. The molecule has 0 saturated carbocycles. The second kappa shape index (κ2) is 2.80. The zero-order valence-corrected chi connectivity index (χ0v) is 3.33. The molecule has 0 aromatic carbocycles. The maximum atomic E-state index is 9.27. The van der Waals surface area contributed by atoms with Crippen LogP contribution in [-0.4, -0.2) is 6.04 Å². The molecule has 0 amide bonds. The van der Waals surface area contributed by atoms with Gasteiger partial charge < -0.3 is 0 Å². The number of hydrogen-bond donors (Lipinski definition) is 0. The van der Waals surface area contributed by atoms with E-state index in [2.05, 4.69) is 5.18 Å². The SMILES string of the molecule is N#CC(C#N)N=O. The van der Waals surface area contributed by atoms with Crippen molar-refractivity contribution in [2.24, 2.45) is 5.18 Å². The first-order valence-corrected chi connectivity index (χ1v) is 1.47. The van der Waals surface area contributed by atoms with Gasteiger partial charge in [-0.05, 0) is 5.18 Å². The molecule has 4 nitrogen and oxygen atoms in total. The van der Waals surface area contributed by atoms with Gasteiger partial charge in [0, 0.05) is 0 Å². The van der Waals surface area contributed by atoms with E-state index in [1.165, 1.54) is 12.1 Å². The maximum absolute atomic E-state index is 9.27. The predicted molar refractivity (Wildman–Crippen MR) is 20.8 cm³/mol. The molecular weight excluding hydrogens is 94.1 g/mol. The van der Waals surface area contributed by atoms with Gasteiger partial charge in [0.05, 0.1) is 0 Å². The summed E-state index contributed by atoms with van der Waals surface area (Å²) in [6, 6.07) is 1.39. The van der Waals surface area contributed by atoms with Gasteiger partial charge >= 0.3 is 0 Å². The highest BCUT2D eigenvalue weighted by Gasteiger charge is 1.99. The summed E-state index contributed by atoms with van der Waals surface area (Å²) in [6.45, 7) is 0. The van der Waals surface area contributed by atoms with Crippen molar-refractivity contribution in [1.82, 2.24) is 0 Å². The van der Waals surface area contributed by atoms with E-state index < -0.39 is 6.04 Å². The Labute approximate surface area is 39.9 Å². The molecule has 4 heteroatoms. The van der Waals surface area contributed by atoms with Crippen LogP contribution in [0.5, 0.6) is 0 Å². The van der Waals surface area contributed by atoms with Gasteiger partial charge in [0.2, 0.25) is 0 Å². The molecule has 0 radical (unpaired) electrons. The molecule has 0 aliphatic rings. The highest BCUT2D eigenvalue weighted by atomic mass is 16.3. The molecule has 0 aliphatic carbocycles. The molecule has 0 rings (SSSR count). The number of nitriles is 2. The summed E-state index contributed by atoms with van der Waals surface area (Å²) < 4.78 is 0. The Balaban J connectivity index is 3.73. The monoisotopic (exact) mass is 95.0 g/mol. The van der Waals surface area contributed by atoms with Crippen molar-refractivity contribution in [2.75, 3.05) is 0 Å². The van der Waals surface area contributed by atoms with Gasteiger partial charge in [-0.3, -0.25) is 0 Å². The van der Waals surface area contributed by atoms with Crippen molar-refractivity contribution in [3.05, 3.63) is 4.91 Å². The Bertz CT molecular complexity index is 125. The third kappa shape index (κ3) is 1.45. The van der Waals surface area contributed by atoms with Crippen LogP contribution in [0.2, 0.25) is 0 Å². The molecule has 7 heavy (non-hydrogen) atoms. The maximum Gasteiger partial charge on any atom is 0.262 e. The van der Waals surface area contributed by atoms with Gasteiger partial charge in [0.15, 0.2) is 0 Å². The lowest BCUT2D eigenvalue weighted by atomic mass is 10.4. The first-order valence-electron chi connectivity index (χ1n) is 1.47. The Hall–Kier alpha value is -1.42. The quantitative estimate of drug-likeness (QED) is 0.435. The topological polar surface area (TPSA) is 77.0 Å². The largest absolute Gasteiger partial charge is 0.262 e. The molecule has 0 atom stereocenters. The van der Waals surface area contributed by atoms with Crippen LogP contribution in [0.15, 0.2) is 5.18 Å². The Kier molecular flexibility index (Phi) is 2.23. The van der Waals surface area contributed by atoms with E-state index in [9.17, 15) is 4.91 Å². The van der Waals surface area contributed by atoms with Crippen molar-refractivity contribution in [3.8, 4) is 12.1 Å². The number of hydrogen-bond acceptors (Lipinski definition) is 4.